The highest BCUT2D eigenvalue weighted by atomic mass is 35.5. The molecule has 0 bridgehead atoms. The van der Waals surface area contributed by atoms with Crippen molar-refractivity contribution in [2.24, 2.45) is 5.92 Å². The molecule has 0 unspecified atom stereocenters. The van der Waals surface area contributed by atoms with Gasteiger partial charge in [0.15, 0.2) is 0 Å². The van der Waals surface area contributed by atoms with Gasteiger partial charge in [-0.2, -0.15) is 0 Å². The molecule has 3 aromatic heterocycles. The fourth-order valence-corrected chi connectivity index (χ4v) is 5.31. The minimum absolute atomic E-state index is 0.0465. The number of nitrogens with zero attached hydrogens (tertiary/aromatic N) is 4. The Morgan fingerprint density at radius 1 is 1.00 bits per heavy atom. The maximum Gasteiger partial charge on any atom is 0.410 e. The molecule has 44 heavy (non-hydrogen) atoms. The molecular weight excluding hydrogens is 576 g/mol. The molecule has 3 aliphatic rings. The van der Waals surface area contributed by atoms with Crippen LogP contribution >= 0.6 is 11.6 Å². The number of anilines is 2. The number of carbonyl (C=O) groups excluding carboxylic acids is 2. The first-order valence-electron chi connectivity index (χ1n) is 15.3. The van der Waals surface area contributed by atoms with E-state index in [1.165, 1.54) is 24.0 Å². The number of likely N-dealkylation sites (tertiary alicyclic amines) is 1. The summed E-state index contributed by atoms with van der Waals surface area (Å²) < 4.78 is 7.68. The maximum absolute atomic E-state index is 12.5. The number of benzene rings is 1. The SMILES string of the molecule is CC(C)(C)OC(=O)N1CC(c2cc(C3CC3)cn3cc(CNc4ccnc(NC(=O)C5CC5)c4)nc23)C1.Clc1ccccc1. The molecule has 2 aliphatic carbocycles. The van der Waals surface area contributed by atoms with Gasteiger partial charge >= 0.3 is 6.09 Å². The Balaban J connectivity index is 0.000000433. The molecule has 9 nitrogen and oxygen atoms in total. The molecule has 2 N–H and O–H groups in total. The number of aromatic nitrogens is 3. The van der Waals surface area contributed by atoms with Crippen molar-refractivity contribution in [1.82, 2.24) is 19.3 Å². The number of carbonyl (C=O) groups is 2. The van der Waals surface area contributed by atoms with Gasteiger partial charge in [-0.1, -0.05) is 29.8 Å². The Kier molecular flexibility index (Phi) is 8.49. The zero-order valence-electron chi connectivity index (χ0n) is 25.4. The van der Waals surface area contributed by atoms with Gasteiger partial charge in [-0.15, -0.1) is 0 Å². The Bertz CT molecular complexity index is 1640. The summed E-state index contributed by atoms with van der Waals surface area (Å²) >= 11 is 5.54. The van der Waals surface area contributed by atoms with Crippen LogP contribution in [0.4, 0.5) is 16.3 Å². The van der Waals surface area contributed by atoms with Gasteiger partial charge in [0.1, 0.15) is 17.1 Å². The summed E-state index contributed by atoms with van der Waals surface area (Å²) in [5, 5.41) is 7.10. The first-order valence-corrected chi connectivity index (χ1v) is 15.7. The van der Waals surface area contributed by atoms with Crippen LogP contribution in [0.3, 0.4) is 0 Å². The molecule has 4 aromatic rings. The number of pyridine rings is 2. The van der Waals surface area contributed by atoms with E-state index in [2.05, 4.69) is 38.5 Å². The summed E-state index contributed by atoms with van der Waals surface area (Å²) in [5.74, 6) is 1.61. The molecule has 2 saturated carbocycles. The number of halogens is 1. The Hall–Kier alpha value is -4.11. The van der Waals surface area contributed by atoms with Crippen molar-refractivity contribution in [3.8, 4) is 0 Å². The van der Waals surface area contributed by atoms with Crippen LogP contribution in [0.2, 0.25) is 5.02 Å². The third-order valence-corrected chi connectivity index (χ3v) is 8.09. The van der Waals surface area contributed by atoms with Gasteiger partial charge < -0.3 is 24.7 Å². The zero-order chi connectivity index (χ0) is 30.8. The number of rotatable bonds is 7. The van der Waals surface area contributed by atoms with Crippen LogP contribution in [-0.4, -0.2) is 50.0 Å². The molecule has 1 aromatic carbocycles. The lowest BCUT2D eigenvalue weighted by Gasteiger charge is -2.40. The summed E-state index contributed by atoms with van der Waals surface area (Å²) in [7, 11) is 0. The first kappa shape index (κ1) is 29.9. The third kappa shape index (κ3) is 7.69. The number of nitrogens with one attached hydrogen (secondary N) is 2. The van der Waals surface area contributed by atoms with Crippen molar-refractivity contribution in [3.05, 3.63) is 89.0 Å². The van der Waals surface area contributed by atoms with Gasteiger partial charge in [-0.05, 0) is 82.2 Å². The van der Waals surface area contributed by atoms with Crippen molar-refractivity contribution in [2.75, 3.05) is 23.7 Å². The number of imidazole rings is 1. The molecule has 7 rings (SSSR count). The molecule has 0 spiro atoms. The van der Waals surface area contributed by atoms with E-state index < -0.39 is 5.60 Å². The van der Waals surface area contributed by atoms with Gasteiger partial charge in [-0.3, -0.25) is 4.79 Å². The number of hydrogen-bond acceptors (Lipinski definition) is 6. The average Bonchev–Trinajstić information content (AvgIpc) is 3.88. The van der Waals surface area contributed by atoms with E-state index in [-0.39, 0.29) is 23.8 Å². The van der Waals surface area contributed by atoms with E-state index in [9.17, 15) is 9.59 Å². The average molecular weight is 615 g/mol. The summed E-state index contributed by atoms with van der Waals surface area (Å²) in [4.78, 5) is 35.5. The summed E-state index contributed by atoms with van der Waals surface area (Å²) in [5.41, 5.74) is 4.80. The van der Waals surface area contributed by atoms with Gasteiger partial charge in [0.05, 0.1) is 12.2 Å². The van der Waals surface area contributed by atoms with E-state index in [1.54, 1.807) is 11.1 Å². The van der Waals surface area contributed by atoms with Gasteiger partial charge in [0, 0.05) is 65.9 Å². The van der Waals surface area contributed by atoms with Gasteiger partial charge in [0.2, 0.25) is 5.91 Å². The molecule has 0 radical (unpaired) electrons. The molecule has 1 aliphatic heterocycles. The van der Waals surface area contributed by atoms with Crippen molar-refractivity contribution in [1.29, 1.82) is 0 Å². The molecule has 3 fully saturated rings. The van der Waals surface area contributed by atoms with Crippen LogP contribution < -0.4 is 10.6 Å². The molecule has 2 amide bonds. The minimum Gasteiger partial charge on any atom is -0.444 e. The predicted octanol–water partition coefficient (Wildman–Crippen LogP) is 7.24. The summed E-state index contributed by atoms with van der Waals surface area (Å²) in [6.07, 6.45) is 10.1. The predicted molar refractivity (Wildman–Crippen MR) is 172 cm³/mol. The van der Waals surface area contributed by atoms with Crippen LogP contribution in [0, 0.1) is 5.92 Å². The van der Waals surface area contributed by atoms with E-state index in [4.69, 9.17) is 21.3 Å². The van der Waals surface area contributed by atoms with E-state index >= 15 is 0 Å². The topological polar surface area (TPSA) is 101 Å². The van der Waals surface area contributed by atoms with Crippen LogP contribution in [0.1, 0.15) is 75.1 Å². The standard InChI is InChI=1S/C28H34N6O3.C6H5Cl/c1-28(2,3)37-27(36)34-14-20(15-34)23-10-19(17-4-5-17)13-33-16-22(31-25(23)33)12-30-21-8-9-29-24(11-21)32-26(35)18-6-7-18;7-6-4-2-1-3-5-6/h8-11,13,16-18,20H,4-7,12,14-15H2,1-3H3,(H2,29,30,32,35);1-5H. The fraction of sp³-hybridized carbons (Fsp3) is 0.412. The number of fused-ring (bicyclic) bond motifs is 1. The van der Waals surface area contributed by atoms with Crippen LogP contribution in [-0.2, 0) is 16.1 Å². The van der Waals surface area contributed by atoms with Crippen molar-refractivity contribution in [3.63, 3.8) is 0 Å². The smallest absolute Gasteiger partial charge is 0.410 e. The quantitative estimate of drug-likeness (QED) is 0.228. The molecule has 0 atom stereocenters. The second-order valence-electron chi connectivity index (χ2n) is 12.9. The lowest BCUT2D eigenvalue weighted by molar-refractivity contribution is -0.117. The van der Waals surface area contributed by atoms with Crippen LogP contribution in [0.5, 0.6) is 0 Å². The highest BCUT2D eigenvalue weighted by Gasteiger charge is 2.37. The van der Waals surface area contributed by atoms with Crippen molar-refractivity contribution >= 4 is 40.8 Å². The molecule has 10 heteroatoms. The number of amides is 2. The third-order valence-electron chi connectivity index (χ3n) is 7.84. The van der Waals surface area contributed by atoms with Crippen LogP contribution in [0.25, 0.3) is 5.65 Å². The highest BCUT2D eigenvalue weighted by Crippen LogP contribution is 2.42. The number of ether oxygens (including phenoxy) is 1. The molecule has 230 valence electrons. The van der Waals surface area contributed by atoms with E-state index in [0.717, 1.165) is 34.9 Å². The second-order valence-corrected chi connectivity index (χ2v) is 13.3. The maximum atomic E-state index is 12.5. The Morgan fingerprint density at radius 3 is 2.39 bits per heavy atom. The van der Waals surface area contributed by atoms with Gasteiger partial charge in [0.25, 0.3) is 0 Å². The highest BCUT2D eigenvalue weighted by molar-refractivity contribution is 6.30. The second kappa shape index (κ2) is 12.5. The van der Waals surface area contributed by atoms with E-state index in [1.807, 2.05) is 63.2 Å². The number of hydrogen-bond donors (Lipinski definition) is 2. The van der Waals surface area contributed by atoms with Crippen LogP contribution in [0.15, 0.2) is 67.1 Å². The molecule has 1 saturated heterocycles. The molecule has 4 heterocycles. The van der Waals surface area contributed by atoms with Crippen molar-refractivity contribution in [2.45, 2.75) is 70.4 Å². The summed E-state index contributed by atoms with van der Waals surface area (Å²) in [6, 6.07) is 15.5. The largest absolute Gasteiger partial charge is 0.444 e. The Labute approximate surface area is 263 Å². The minimum atomic E-state index is -0.495. The summed E-state index contributed by atoms with van der Waals surface area (Å²) in [6.45, 7) is 7.51. The monoisotopic (exact) mass is 614 g/mol. The Morgan fingerprint density at radius 2 is 1.75 bits per heavy atom. The lowest BCUT2D eigenvalue weighted by atomic mass is 9.91. The molecular formula is C34H39ClN6O3. The fourth-order valence-electron chi connectivity index (χ4n) is 5.16. The van der Waals surface area contributed by atoms with E-state index in [0.29, 0.717) is 31.4 Å². The van der Waals surface area contributed by atoms with Crippen molar-refractivity contribution < 1.29 is 14.3 Å². The lowest BCUT2D eigenvalue weighted by Crippen LogP contribution is -2.50. The normalized spacial score (nSPS) is 16.5. The van der Waals surface area contributed by atoms with Gasteiger partial charge in [-0.25, -0.2) is 14.8 Å². The zero-order valence-corrected chi connectivity index (χ0v) is 26.2. The first-order chi connectivity index (χ1) is 21.1.